The Balaban J connectivity index is 2.29. The summed E-state index contributed by atoms with van der Waals surface area (Å²) < 4.78 is 5.37. The van der Waals surface area contributed by atoms with Crippen molar-refractivity contribution in [3.05, 3.63) is 0 Å². The van der Waals surface area contributed by atoms with Gasteiger partial charge in [0.1, 0.15) is 5.54 Å². The predicted molar refractivity (Wildman–Crippen MR) is 73.4 cm³/mol. The van der Waals surface area contributed by atoms with E-state index >= 15 is 0 Å². The lowest BCUT2D eigenvalue weighted by molar-refractivity contribution is 0.0395. The van der Waals surface area contributed by atoms with E-state index in [9.17, 15) is 5.26 Å². The molecule has 0 spiro atoms. The van der Waals surface area contributed by atoms with Crippen LogP contribution in [0.2, 0.25) is 0 Å². The molecular formula is C14H27N3O. The van der Waals surface area contributed by atoms with Crippen molar-refractivity contribution in [1.29, 1.82) is 5.26 Å². The van der Waals surface area contributed by atoms with Crippen LogP contribution in [0.15, 0.2) is 0 Å². The Morgan fingerprint density at radius 1 is 1.44 bits per heavy atom. The average molecular weight is 253 g/mol. The molecule has 0 radical (unpaired) electrons. The zero-order chi connectivity index (χ0) is 13.4. The molecule has 104 valence electrons. The highest BCUT2D eigenvalue weighted by molar-refractivity contribution is 5.04. The van der Waals surface area contributed by atoms with Crippen LogP contribution in [0.4, 0.5) is 0 Å². The second-order valence-electron chi connectivity index (χ2n) is 5.40. The molecule has 1 unspecified atom stereocenters. The van der Waals surface area contributed by atoms with Crippen molar-refractivity contribution in [2.45, 2.75) is 51.2 Å². The molecular weight excluding hydrogens is 226 g/mol. The minimum Gasteiger partial charge on any atom is -0.381 e. The average Bonchev–Trinajstić information content (AvgIpc) is 2.43. The Hall–Kier alpha value is -0.630. The monoisotopic (exact) mass is 253 g/mol. The van der Waals surface area contributed by atoms with Gasteiger partial charge in [0.15, 0.2) is 0 Å². The predicted octanol–water partition coefficient (Wildman–Crippen LogP) is 1.77. The maximum absolute atomic E-state index is 9.27. The minimum atomic E-state index is -0.381. The first kappa shape index (κ1) is 15.4. The number of ether oxygens (including phenoxy) is 1. The molecule has 0 amide bonds. The SMILES string of the molecule is CCCNC(C)(C#N)CCN1CCC(OC)CC1. The van der Waals surface area contributed by atoms with Crippen LogP contribution in [0, 0.1) is 11.3 Å². The van der Waals surface area contributed by atoms with Gasteiger partial charge in [-0.25, -0.2) is 0 Å². The Labute approximate surface area is 111 Å². The number of piperidine rings is 1. The van der Waals surface area contributed by atoms with Gasteiger partial charge in [-0.2, -0.15) is 5.26 Å². The van der Waals surface area contributed by atoms with Gasteiger partial charge in [-0.3, -0.25) is 5.32 Å². The third-order valence-electron chi connectivity index (χ3n) is 3.81. The molecule has 1 aliphatic heterocycles. The van der Waals surface area contributed by atoms with Crippen LogP contribution >= 0.6 is 0 Å². The molecule has 0 bridgehead atoms. The second kappa shape index (κ2) is 7.73. The Kier molecular flexibility index (Phi) is 6.62. The molecule has 1 N–H and O–H groups in total. The first-order valence-corrected chi connectivity index (χ1v) is 7.05. The van der Waals surface area contributed by atoms with Crippen LogP contribution in [0.1, 0.15) is 39.5 Å². The number of hydrogen-bond donors (Lipinski definition) is 1. The molecule has 0 aromatic heterocycles. The molecule has 1 heterocycles. The molecule has 0 aromatic rings. The first-order valence-electron chi connectivity index (χ1n) is 7.05. The third kappa shape index (κ3) is 4.93. The molecule has 1 fully saturated rings. The number of nitriles is 1. The lowest BCUT2D eigenvalue weighted by atomic mass is 9.98. The van der Waals surface area contributed by atoms with E-state index in [-0.39, 0.29) is 5.54 Å². The van der Waals surface area contributed by atoms with E-state index < -0.39 is 0 Å². The second-order valence-corrected chi connectivity index (χ2v) is 5.40. The molecule has 4 nitrogen and oxygen atoms in total. The number of likely N-dealkylation sites (tertiary alicyclic amines) is 1. The highest BCUT2D eigenvalue weighted by Gasteiger charge is 2.25. The van der Waals surface area contributed by atoms with Gasteiger partial charge in [-0.15, -0.1) is 0 Å². The molecule has 1 rings (SSSR count). The zero-order valence-electron chi connectivity index (χ0n) is 12.0. The molecule has 1 aliphatic rings. The van der Waals surface area contributed by atoms with Crippen molar-refractivity contribution in [2.75, 3.05) is 33.3 Å². The van der Waals surface area contributed by atoms with E-state index in [4.69, 9.17) is 4.74 Å². The van der Waals surface area contributed by atoms with E-state index in [1.165, 1.54) is 0 Å². The van der Waals surface area contributed by atoms with Gasteiger partial charge in [-0.1, -0.05) is 6.92 Å². The summed E-state index contributed by atoms with van der Waals surface area (Å²) in [5.41, 5.74) is -0.381. The van der Waals surface area contributed by atoms with Crippen molar-refractivity contribution in [3.63, 3.8) is 0 Å². The normalized spacial score (nSPS) is 21.4. The van der Waals surface area contributed by atoms with Gasteiger partial charge < -0.3 is 9.64 Å². The number of nitrogens with zero attached hydrogens (tertiary/aromatic N) is 2. The maximum atomic E-state index is 9.27. The lowest BCUT2D eigenvalue weighted by Crippen LogP contribution is -2.45. The number of rotatable bonds is 7. The van der Waals surface area contributed by atoms with Gasteiger partial charge in [-0.05, 0) is 39.2 Å². The molecule has 0 saturated carbocycles. The fraction of sp³-hybridized carbons (Fsp3) is 0.929. The van der Waals surface area contributed by atoms with Crippen LogP contribution < -0.4 is 5.32 Å². The van der Waals surface area contributed by atoms with Crippen molar-refractivity contribution < 1.29 is 4.74 Å². The molecule has 1 saturated heterocycles. The van der Waals surface area contributed by atoms with Crippen LogP contribution in [0.3, 0.4) is 0 Å². The fourth-order valence-electron chi connectivity index (χ4n) is 2.34. The highest BCUT2D eigenvalue weighted by atomic mass is 16.5. The van der Waals surface area contributed by atoms with Gasteiger partial charge in [0.05, 0.1) is 12.2 Å². The Morgan fingerprint density at radius 3 is 2.61 bits per heavy atom. The fourth-order valence-corrected chi connectivity index (χ4v) is 2.34. The van der Waals surface area contributed by atoms with Crippen molar-refractivity contribution in [3.8, 4) is 6.07 Å². The van der Waals surface area contributed by atoms with Crippen LogP contribution in [-0.2, 0) is 4.74 Å². The molecule has 18 heavy (non-hydrogen) atoms. The topological polar surface area (TPSA) is 48.3 Å². The summed E-state index contributed by atoms with van der Waals surface area (Å²) in [7, 11) is 1.79. The van der Waals surface area contributed by atoms with Gasteiger partial charge in [0, 0.05) is 26.7 Å². The largest absolute Gasteiger partial charge is 0.381 e. The molecule has 0 aliphatic carbocycles. The summed E-state index contributed by atoms with van der Waals surface area (Å²) >= 11 is 0. The van der Waals surface area contributed by atoms with Crippen LogP contribution in [-0.4, -0.2) is 49.8 Å². The zero-order valence-corrected chi connectivity index (χ0v) is 12.0. The Bertz CT molecular complexity index is 269. The van der Waals surface area contributed by atoms with Crippen molar-refractivity contribution in [1.82, 2.24) is 10.2 Å². The standard InChI is InChI=1S/C14H27N3O/c1-4-8-16-14(2,12-15)7-11-17-9-5-13(18-3)6-10-17/h13,16H,4-11H2,1-3H3. The maximum Gasteiger partial charge on any atom is 0.105 e. The highest BCUT2D eigenvalue weighted by Crippen LogP contribution is 2.16. The smallest absolute Gasteiger partial charge is 0.105 e. The van der Waals surface area contributed by atoms with E-state index in [2.05, 4.69) is 23.2 Å². The summed E-state index contributed by atoms with van der Waals surface area (Å²) in [6, 6.07) is 2.41. The van der Waals surface area contributed by atoms with Crippen molar-refractivity contribution >= 4 is 0 Å². The number of nitrogens with one attached hydrogen (secondary N) is 1. The van der Waals surface area contributed by atoms with Gasteiger partial charge in [0.2, 0.25) is 0 Å². The molecule has 0 aromatic carbocycles. The quantitative estimate of drug-likeness (QED) is 0.751. The summed E-state index contributed by atoms with van der Waals surface area (Å²) in [5, 5.41) is 12.6. The summed E-state index contributed by atoms with van der Waals surface area (Å²) in [4.78, 5) is 2.44. The minimum absolute atomic E-state index is 0.381. The van der Waals surface area contributed by atoms with E-state index in [1.54, 1.807) is 7.11 Å². The third-order valence-corrected chi connectivity index (χ3v) is 3.81. The van der Waals surface area contributed by atoms with E-state index in [1.807, 2.05) is 6.92 Å². The summed E-state index contributed by atoms with van der Waals surface area (Å²) in [6.07, 6.45) is 4.61. The first-order chi connectivity index (χ1) is 8.63. The van der Waals surface area contributed by atoms with Crippen LogP contribution in [0.25, 0.3) is 0 Å². The summed E-state index contributed by atoms with van der Waals surface area (Å²) in [6.45, 7) is 8.22. The van der Waals surface area contributed by atoms with E-state index in [0.717, 1.165) is 51.9 Å². The van der Waals surface area contributed by atoms with Crippen molar-refractivity contribution in [2.24, 2.45) is 0 Å². The molecule has 4 heteroatoms. The molecule has 1 atom stereocenters. The van der Waals surface area contributed by atoms with Gasteiger partial charge >= 0.3 is 0 Å². The number of hydrogen-bond acceptors (Lipinski definition) is 4. The Morgan fingerprint density at radius 2 is 2.11 bits per heavy atom. The number of methoxy groups -OCH3 is 1. The van der Waals surface area contributed by atoms with Crippen LogP contribution in [0.5, 0.6) is 0 Å². The van der Waals surface area contributed by atoms with Gasteiger partial charge in [0.25, 0.3) is 0 Å². The van der Waals surface area contributed by atoms with E-state index in [0.29, 0.717) is 6.10 Å². The summed E-state index contributed by atoms with van der Waals surface area (Å²) in [5.74, 6) is 0. The lowest BCUT2D eigenvalue weighted by Gasteiger charge is -2.33.